The lowest BCUT2D eigenvalue weighted by atomic mass is 10.3. The first-order chi connectivity index (χ1) is 9.03. The maximum atomic E-state index is 12.1. The van der Waals surface area contributed by atoms with E-state index in [0.29, 0.717) is 12.1 Å². The lowest BCUT2D eigenvalue weighted by Crippen LogP contribution is -2.21. The van der Waals surface area contributed by atoms with E-state index in [9.17, 15) is 26.3 Å². The average molecular weight is 321 g/mol. The SMILES string of the molecule is FC(F)(F)Oc1cc2nc(Cl)[nH]c2cc1OC(F)(F)F. The molecular formula is C9H3ClF6N2O2. The van der Waals surface area contributed by atoms with Crippen molar-refractivity contribution in [1.29, 1.82) is 0 Å². The molecule has 0 aliphatic heterocycles. The molecule has 0 aliphatic carbocycles. The molecule has 20 heavy (non-hydrogen) atoms. The van der Waals surface area contributed by atoms with E-state index in [1.54, 1.807) is 0 Å². The molecule has 1 aromatic heterocycles. The molecule has 0 fully saturated rings. The van der Waals surface area contributed by atoms with E-state index >= 15 is 0 Å². The van der Waals surface area contributed by atoms with Crippen LogP contribution in [-0.4, -0.2) is 22.7 Å². The van der Waals surface area contributed by atoms with Crippen LogP contribution in [0.2, 0.25) is 5.28 Å². The summed E-state index contributed by atoms with van der Waals surface area (Å²) in [7, 11) is 0. The van der Waals surface area contributed by atoms with Crippen molar-refractivity contribution in [1.82, 2.24) is 9.97 Å². The van der Waals surface area contributed by atoms with Crippen LogP contribution in [0, 0.1) is 0 Å². The summed E-state index contributed by atoms with van der Waals surface area (Å²) in [5.41, 5.74) is -0.146. The molecule has 0 aliphatic rings. The molecular weight excluding hydrogens is 318 g/mol. The summed E-state index contributed by atoms with van der Waals surface area (Å²) >= 11 is 5.46. The Morgan fingerprint density at radius 1 is 0.950 bits per heavy atom. The van der Waals surface area contributed by atoms with Gasteiger partial charge in [0.25, 0.3) is 0 Å². The van der Waals surface area contributed by atoms with E-state index in [2.05, 4.69) is 19.4 Å². The fourth-order valence-corrected chi connectivity index (χ4v) is 1.59. The van der Waals surface area contributed by atoms with Crippen LogP contribution in [0.15, 0.2) is 12.1 Å². The number of hydrogen-bond donors (Lipinski definition) is 1. The zero-order chi connectivity index (χ0) is 15.1. The Balaban J connectivity index is 2.52. The summed E-state index contributed by atoms with van der Waals surface area (Å²) in [6.45, 7) is 0. The monoisotopic (exact) mass is 320 g/mol. The van der Waals surface area contributed by atoms with Crippen LogP contribution in [0.4, 0.5) is 26.3 Å². The number of halogens is 7. The number of aromatic amines is 1. The first kappa shape index (κ1) is 14.6. The number of benzene rings is 1. The predicted octanol–water partition coefficient (Wildman–Crippen LogP) is 4.01. The Bertz CT molecular complexity index is 583. The van der Waals surface area contributed by atoms with Crippen LogP contribution in [-0.2, 0) is 0 Å². The van der Waals surface area contributed by atoms with Crippen LogP contribution in [0.3, 0.4) is 0 Å². The molecule has 0 amide bonds. The van der Waals surface area contributed by atoms with Gasteiger partial charge in [-0.1, -0.05) is 0 Å². The number of H-pyrrole nitrogens is 1. The molecule has 0 atom stereocenters. The number of nitrogens with one attached hydrogen (secondary N) is 1. The van der Waals surface area contributed by atoms with Crippen molar-refractivity contribution in [2.45, 2.75) is 12.7 Å². The minimum absolute atomic E-state index is 0.0382. The van der Waals surface area contributed by atoms with Crippen LogP contribution >= 0.6 is 11.6 Å². The van der Waals surface area contributed by atoms with Crippen LogP contribution in [0.25, 0.3) is 11.0 Å². The van der Waals surface area contributed by atoms with Gasteiger partial charge >= 0.3 is 12.7 Å². The average Bonchev–Trinajstić information content (AvgIpc) is 2.53. The largest absolute Gasteiger partial charge is 0.573 e. The smallest absolute Gasteiger partial charge is 0.402 e. The zero-order valence-corrected chi connectivity index (χ0v) is 9.82. The fraction of sp³-hybridized carbons (Fsp3) is 0.222. The van der Waals surface area contributed by atoms with Gasteiger partial charge in [0.05, 0.1) is 11.0 Å². The third kappa shape index (κ3) is 3.59. The summed E-state index contributed by atoms with van der Waals surface area (Å²) in [5.74, 6) is -2.34. The van der Waals surface area contributed by atoms with Gasteiger partial charge in [-0.3, -0.25) is 0 Å². The third-order valence-corrected chi connectivity index (χ3v) is 2.15. The van der Waals surface area contributed by atoms with Crippen molar-refractivity contribution in [3.8, 4) is 11.5 Å². The van der Waals surface area contributed by atoms with Crippen molar-refractivity contribution in [2.75, 3.05) is 0 Å². The molecule has 2 aromatic rings. The van der Waals surface area contributed by atoms with Crippen LogP contribution in [0.5, 0.6) is 11.5 Å². The van der Waals surface area contributed by atoms with Crippen molar-refractivity contribution in [2.24, 2.45) is 0 Å². The van der Waals surface area contributed by atoms with E-state index in [1.807, 2.05) is 0 Å². The molecule has 2 rings (SSSR count). The zero-order valence-electron chi connectivity index (χ0n) is 9.06. The second-order valence-corrected chi connectivity index (χ2v) is 3.80. The molecule has 1 N–H and O–H groups in total. The minimum atomic E-state index is -5.18. The van der Waals surface area contributed by atoms with E-state index < -0.39 is 24.2 Å². The van der Waals surface area contributed by atoms with E-state index in [1.165, 1.54) is 0 Å². The molecule has 11 heteroatoms. The Hall–Kier alpha value is -1.84. The lowest BCUT2D eigenvalue weighted by molar-refractivity contribution is -0.287. The molecule has 0 bridgehead atoms. The predicted molar refractivity (Wildman–Crippen MR) is 54.5 cm³/mol. The highest BCUT2D eigenvalue weighted by molar-refractivity contribution is 6.29. The van der Waals surface area contributed by atoms with E-state index in [0.717, 1.165) is 0 Å². The normalized spacial score (nSPS) is 12.8. The standard InChI is InChI=1S/C9H3ClF6N2O2/c10-7-17-3-1-5(19-8(11,12)13)6(2-4(3)18-7)20-9(14,15)16/h1-2H,(H,17,18). The number of ether oxygens (including phenoxy) is 2. The van der Waals surface area contributed by atoms with Gasteiger partial charge in [-0.25, -0.2) is 4.98 Å². The first-order valence-electron chi connectivity index (χ1n) is 4.74. The quantitative estimate of drug-likeness (QED) is 0.850. The maximum Gasteiger partial charge on any atom is 0.573 e. The van der Waals surface area contributed by atoms with Gasteiger partial charge in [0.1, 0.15) is 0 Å². The van der Waals surface area contributed by atoms with Crippen molar-refractivity contribution >= 4 is 22.6 Å². The molecule has 0 saturated heterocycles. The number of imidazole rings is 1. The summed E-state index contributed by atoms with van der Waals surface area (Å²) in [6, 6.07) is 1.29. The van der Waals surface area contributed by atoms with Crippen LogP contribution in [0.1, 0.15) is 0 Å². The van der Waals surface area contributed by atoms with Crippen LogP contribution < -0.4 is 9.47 Å². The highest BCUT2D eigenvalue weighted by atomic mass is 35.5. The van der Waals surface area contributed by atoms with Crippen molar-refractivity contribution in [3.05, 3.63) is 17.4 Å². The summed E-state index contributed by atoms with van der Waals surface area (Å²) in [5, 5.41) is -0.206. The summed E-state index contributed by atoms with van der Waals surface area (Å²) < 4.78 is 79.8. The molecule has 4 nitrogen and oxygen atoms in total. The minimum Gasteiger partial charge on any atom is -0.402 e. The summed E-state index contributed by atoms with van der Waals surface area (Å²) in [6.07, 6.45) is -10.4. The molecule has 0 unspecified atom stereocenters. The maximum absolute atomic E-state index is 12.1. The number of fused-ring (bicyclic) bond motifs is 1. The van der Waals surface area contributed by atoms with Gasteiger partial charge in [-0.2, -0.15) is 0 Å². The molecule has 1 aromatic carbocycles. The molecule has 1 heterocycles. The summed E-state index contributed by atoms with van der Waals surface area (Å²) in [4.78, 5) is 5.91. The van der Waals surface area contributed by atoms with E-state index in [-0.39, 0.29) is 16.3 Å². The Labute approximate surface area is 111 Å². The van der Waals surface area contributed by atoms with Crippen molar-refractivity contribution < 1.29 is 35.8 Å². The molecule has 0 saturated carbocycles. The van der Waals surface area contributed by atoms with E-state index in [4.69, 9.17) is 11.6 Å². The Morgan fingerprint density at radius 3 is 1.95 bits per heavy atom. The third-order valence-electron chi connectivity index (χ3n) is 1.97. The van der Waals surface area contributed by atoms with Gasteiger partial charge in [0.15, 0.2) is 11.5 Å². The lowest BCUT2D eigenvalue weighted by Gasteiger charge is -2.15. The Kier molecular flexibility index (Phi) is 3.36. The number of aromatic nitrogens is 2. The first-order valence-corrected chi connectivity index (χ1v) is 5.12. The van der Waals surface area contributed by atoms with Gasteiger partial charge in [-0.05, 0) is 11.6 Å². The van der Waals surface area contributed by atoms with Gasteiger partial charge < -0.3 is 14.5 Å². The number of hydrogen-bond acceptors (Lipinski definition) is 3. The van der Waals surface area contributed by atoms with Gasteiger partial charge in [-0.15, -0.1) is 26.3 Å². The Morgan fingerprint density at radius 2 is 1.45 bits per heavy atom. The molecule has 0 radical (unpaired) electrons. The second kappa shape index (κ2) is 4.62. The van der Waals surface area contributed by atoms with Gasteiger partial charge in [0, 0.05) is 12.1 Å². The topological polar surface area (TPSA) is 47.1 Å². The van der Waals surface area contributed by atoms with Crippen molar-refractivity contribution in [3.63, 3.8) is 0 Å². The molecule has 0 spiro atoms. The fourth-order valence-electron chi connectivity index (χ4n) is 1.40. The second-order valence-electron chi connectivity index (χ2n) is 3.44. The number of rotatable bonds is 2. The number of nitrogens with zero attached hydrogens (tertiary/aromatic N) is 1. The molecule has 110 valence electrons. The van der Waals surface area contributed by atoms with Gasteiger partial charge in [0.2, 0.25) is 5.28 Å². The highest BCUT2D eigenvalue weighted by Gasteiger charge is 2.37. The highest BCUT2D eigenvalue weighted by Crippen LogP contribution is 2.38. The number of alkyl halides is 6.